The van der Waals surface area contributed by atoms with Crippen molar-refractivity contribution in [2.75, 3.05) is 11.9 Å². The second-order valence-corrected chi connectivity index (χ2v) is 6.72. The van der Waals surface area contributed by atoms with Crippen molar-refractivity contribution in [2.24, 2.45) is 0 Å². The van der Waals surface area contributed by atoms with Crippen molar-refractivity contribution < 1.29 is 14.3 Å². The summed E-state index contributed by atoms with van der Waals surface area (Å²) in [5, 5.41) is 2.83. The fourth-order valence-corrected chi connectivity index (χ4v) is 2.83. The molecule has 1 N–H and O–H groups in total. The first-order valence-corrected chi connectivity index (χ1v) is 9.43. The monoisotopic (exact) mass is 385 g/mol. The number of esters is 1. The molecule has 29 heavy (non-hydrogen) atoms. The summed E-state index contributed by atoms with van der Waals surface area (Å²) in [7, 11) is 0. The maximum Gasteiger partial charge on any atom is 0.331 e. The minimum Gasteiger partial charge on any atom is -0.452 e. The van der Waals surface area contributed by atoms with Gasteiger partial charge in [-0.25, -0.2) is 4.79 Å². The molecule has 4 nitrogen and oxygen atoms in total. The average molecular weight is 385 g/mol. The Bertz CT molecular complexity index is 992. The number of aryl methyl sites for hydroxylation is 1. The lowest BCUT2D eigenvalue weighted by Crippen LogP contribution is -2.20. The Hall–Kier alpha value is -3.66. The molecule has 0 aliphatic carbocycles. The predicted molar refractivity (Wildman–Crippen MR) is 115 cm³/mol. The maximum atomic E-state index is 12.2. The van der Waals surface area contributed by atoms with E-state index in [0.29, 0.717) is 12.1 Å². The van der Waals surface area contributed by atoms with E-state index in [0.717, 1.165) is 22.3 Å². The number of benzene rings is 3. The van der Waals surface area contributed by atoms with Gasteiger partial charge in [0.15, 0.2) is 6.61 Å². The lowest BCUT2D eigenvalue weighted by Gasteiger charge is -2.11. The van der Waals surface area contributed by atoms with Gasteiger partial charge in [0, 0.05) is 11.8 Å². The number of amides is 1. The minimum atomic E-state index is -0.557. The van der Waals surface area contributed by atoms with Crippen molar-refractivity contribution in [1.29, 1.82) is 0 Å². The van der Waals surface area contributed by atoms with Crippen LogP contribution in [0.1, 0.15) is 22.3 Å². The second-order valence-electron chi connectivity index (χ2n) is 6.72. The Kier molecular flexibility index (Phi) is 6.95. The molecule has 0 aliphatic rings. The van der Waals surface area contributed by atoms with E-state index in [1.807, 2.05) is 85.8 Å². The number of hydrogen-bond acceptors (Lipinski definition) is 3. The molecule has 3 aromatic rings. The Morgan fingerprint density at radius 1 is 0.897 bits per heavy atom. The molecule has 3 rings (SSSR count). The fraction of sp³-hybridized carbons (Fsp3) is 0.120. The maximum absolute atomic E-state index is 12.2. The summed E-state index contributed by atoms with van der Waals surface area (Å²) in [6.07, 6.45) is 3.69. The van der Waals surface area contributed by atoms with E-state index < -0.39 is 5.97 Å². The number of nitrogens with one attached hydrogen (secondary N) is 1. The largest absolute Gasteiger partial charge is 0.452 e. The van der Waals surface area contributed by atoms with Gasteiger partial charge < -0.3 is 10.1 Å². The van der Waals surface area contributed by atoms with Crippen LogP contribution in [0.15, 0.2) is 84.9 Å². The highest BCUT2D eigenvalue weighted by atomic mass is 16.5. The second kappa shape index (κ2) is 10.0. The van der Waals surface area contributed by atoms with E-state index in [4.69, 9.17) is 4.74 Å². The molecule has 146 valence electrons. The van der Waals surface area contributed by atoms with Gasteiger partial charge in [-0.1, -0.05) is 78.4 Å². The molecule has 0 bridgehead atoms. The third-order valence-electron chi connectivity index (χ3n) is 4.36. The van der Waals surface area contributed by atoms with Crippen molar-refractivity contribution in [3.63, 3.8) is 0 Å². The Balaban J connectivity index is 1.53. The number of rotatable bonds is 7. The van der Waals surface area contributed by atoms with Crippen LogP contribution in [0.4, 0.5) is 5.69 Å². The van der Waals surface area contributed by atoms with Gasteiger partial charge in [-0.05, 0) is 42.2 Å². The van der Waals surface area contributed by atoms with Gasteiger partial charge in [-0.15, -0.1) is 0 Å². The van der Waals surface area contributed by atoms with Gasteiger partial charge >= 0.3 is 5.97 Å². The molecule has 0 radical (unpaired) electrons. The highest BCUT2D eigenvalue weighted by Gasteiger charge is 2.09. The molecule has 0 fully saturated rings. The highest BCUT2D eigenvalue weighted by molar-refractivity contribution is 5.95. The normalized spacial score (nSPS) is 10.7. The van der Waals surface area contributed by atoms with Crippen LogP contribution < -0.4 is 5.32 Å². The molecule has 0 aliphatic heterocycles. The molecule has 0 aromatic heterocycles. The summed E-state index contributed by atoms with van der Waals surface area (Å²) in [4.78, 5) is 24.1. The van der Waals surface area contributed by atoms with Crippen LogP contribution in [-0.4, -0.2) is 18.5 Å². The summed E-state index contributed by atoms with van der Waals surface area (Å²) in [6, 6.07) is 25.4. The molecule has 3 aromatic carbocycles. The van der Waals surface area contributed by atoms with Crippen LogP contribution in [0, 0.1) is 6.92 Å². The van der Waals surface area contributed by atoms with Gasteiger partial charge in [-0.3, -0.25) is 4.79 Å². The smallest absolute Gasteiger partial charge is 0.331 e. The van der Waals surface area contributed by atoms with E-state index in [1.165, 1.54) is 6.08 Å². The predicted octanol–water partition coefficient (Wildman–Crippen LogP) is 4.78. The summed E-state index contributed by atoms with van der Waals surface area (Å²) in [5.41, 5.74) is 4.91. The first-order chi connectivity index (χ1) is 14.1. The van der Waals surface area contributed by atoms with E-state index >= 15 is 0 Å². The van der Waals surface area contributed by atoms with E-state index in [1.54, 1.807) is 6.08 Å². The van der Waals surface area contributed by atoms with Crippen LogP contribution in [0.25, 0.3) is 6.08 Å². The van der Waals surface area contributed by atoms with Crippen molar-refractivity contribution in [2.45, 2.75) is 13.3 Å². The molecule has 4 heteroatoms. The van der Waals surface area contributed by atoms with Crippen molar-refractivity contribution in [1.82, 2.24) is 0 Å². The van der Waals surface area contributed by atoms with Crippen molar-refractivity contribution in [3.8, 4) is 0 Å². The summed E-state index contributed by atoms with van der Waals surface area (Å²) >= 11 is 0. The first kappa shape index (κ1) is 20.1. The summed E-state index contributed by atoms with van der Waals surface area (Å²) < 4.78 is 5.04. The number of anilines is 1. The Labute approximate surface area is 170 Å². The number of ether oxygens (including phenoxy) is 1. The Morgan fingerprint density at radius 3 is 2.34 bits per heavy atom. The van der Waals surface area contributed by atoms with E-state index in [-0.39, 0.29) is 12.5 Å². The van der Waals surface area contributed by atoms with Gasteiger partial charge in [0.1, 0.15) is 0 Å². The number of carbonyl (C=O) groups is 2. The molecule has 0 saturated carbocycles. The molecular formula is C25H23NO3. The third kappa shape index (κ3) is 6.47. The zero-order valence-electron chi connectivity index (χ0n) is 16.3. The van der Waals surface area contributed by atoms with Gasteiger partial charge in [0.2, 0.25) is 0 Å². The van der Waals surface area contributed by atoms with E-state index in [2.05, 4.69) is 5.32 Å². The minimum absolute atomic E-state index is 0.337. The molecule has 0 atom stereocenters. The SMILES string of the molecule is Cc1ccc(/C=C/C(=O)OCC(=O)Nc2ccccc2Cc2ccccc2)cc1. The van der Waals surface area contributed by atoms with Crippen LogP contribution in [-0.2, 0) is 20.7 Å². The number of para-hydroxylation sites is 1. The molecule has 0 spiro atoms. The first-order valence-electron chi connectivity index (χ1n) is 9.43. The zero-order chi connectivity index (χ0) is 20.5. The standard InChI is InChI=1S/C25H23NO3/c1-19-11-13-20(14-12-19)15-16-25(28)29-18-24(27)26-23-10-6-5-9-22(23)17-21-7-3-2-4-8-21/h2-16H,17-18H2,1H3,(H,26,27)/b16-15+. The zero-order valence-corrected chi connectivity index (χ0v) is 16.3. The molecule has 0 unspecified atom stereocenters. The lowest BCUT2D eigenvalue weighted by atomic mass is 10.0. The number of carbonyl (C=O) groups excluding carboxylic acids is 2. The van der Waals surface area contributed by atoms with Gasteiger partial charge in [0.05, 0.1) is 0 Å². The van der Waals surface area contributed by atoms with Crippen LogP contribution in [0.3, 0.4) is 0 Å². The van der Waals surface area contributed by atoms with E-state index in [9.17, 15) is 9.59 Å². The Morgan fingerprint density at radius 2 is 1.59 bits per heavy atom. The third-order valence-corrected chi connectivity index (χ3v) is 4.36. The molecule has 1 amide bonds. The lowest BCUT2D eigenvalue weighted by molar-refractivity contribution is -0.142. The molecular weight excluding hydrogens is 362 g/mol. The van der Waals surface area contributed by atoms with Crippen molar-refractivity contribution >= 4 is 23.6 Å². The van der Waals surface area contributed by atoms with Crippen LogP contribution >= 0.6 is 0 Å². The van der Waals surface area contributed by atoms with Crippen LogP contribution in [0.5, 0.6) is 0 Å². The summed E-state index contributed by atoms with van der Waals surface area (Å²) in [6.45, 7) is 1.66. The average Bonchev–Trinajstić information content (AvgIpc) is 2.74. The quantitative estimate of drug-likeness (QED) is 0.470. The van der Waals surface area contributed by atoms with Crippen LogP contribution in [0.2, 0.25) is 0 Å². The van der Waals surface area contributed by atoms with Gasteiger partial charge in [-0.2, -0.15) is 0 Å². The van der Waals surface area contributed by atoms with Gasteiger partial charge in [0.25, 0.3) is 5.91 Å². The fourth-order valence-electron chi connectivity index (χ4n) is 2.83. The van der Waals surface area contributed by atoms with Crippen molar-refractivity contribution in [3.05, 3.63) is 107 Å². The molecule has 0 saturated heterocycles. The summed E-state index contributed by atoms with van der Waals surface area (Å²) in [5.74, 6) is -0.930. The highest BCUT2D eigenvalue weighted by Crippen LogP contribution is 2.19. The number of hydrogen-bond donors (Lipinski definition) is 1. The molecule has 0 heterocycles. The topological polar surface area (TPSA) is 55.4 Å².